The Bertz CT molecular complexity index is 1470. The van der Waals surface area contributed by atoms with E-state index >= 15 is 0 Å². The molecule has 2 amide bonds. The molecule has 37 heavy (non-hydrogen) atoms. The highest BCUT2D eigenvalue weighted by Gasteiger charge is 2.15. The van der Waals surface area contributed by atoms with E-state index in [2.05, 4.69) is 15.8 Å². The first-order valence-electron chi connectivity index (χ1n) is 11.0. The summed E-state index contributed by atoms with van der Waals surface area (Å²) in [6.45, 7) is 0. The van der Waals surface area contributed by atoms with Crippen LogP contribution in [0, 0.1) is 0 Å². The molecular weight excluding hydrogens is 513 g/mol. The van der Waals surface area contributed by atoms with Crippen LogP contribution >= 0.6 is 23.2 Å². The second kappa shape index (κ2) is 12.0. The summed E-state index contributed by atoms with van der Waals surface area (Å²) >= 11 is 12.0. The molecule has 0 aliphatic carbocycles. The Morgan fingerprint density at radius 1 is 0.757 bits per heavy atom. The first kappa shape index (κ1) is 25.6. The molecule has 4 aromatic rings. The number of hydrazone groups is 1. The van der Waals surface area contributed by atoms with Gasteiger partial charge in [0.15, 0.2) is 0 Å². The predicted octanol–water partition coefficient (Wildman–Crippen LogP) is 6.23. The molecule has 4 rings (SSSR count). The zero-order valence-corrected chi connectivity index (χ0v) is 20.7. The fourth-order valence-corrected chi connectivity index (χ4v) is 3.70. The van der Waals surface area contributed by atoms with Crippen molar-refractivity contribution in [3.05, 3.63) is 129 Å². The second-order valence-electron chi connectivity index (χ2n) is 7.65. The molecule has 7 nitrogen and oxygen atoms in total. The van der Waals surface area contributed by atoms with E-state index in [0.717, 1.165) is 0 Å². The van der Waals surface area contributed by atoms with Gasteiger partial charge in [0.1, 0.15) is 5.75 Å². The number of para-hydroxylation sites is 1. The lowest BCUT2D eigenvalue weighted by Gasteiger charge is -2.08. The number of rotatable bonds is 7. The molecule has 2 N–H and O–H groups in total. The number of esters is 1. The molecular formula is C28H19Cl2N3O4. The highest BCUT2D eigenvalue weighted by Crippen LogP contribution is 2.24. The van der Waals surface area contributed by atoms with Crippen molar-refractivity contribution < 1.29 is 19.1 Å². The molecule has 0 spiro atoms. The average Bonchev–Trinajstić information content (AvgIpc) is 2.90. The van der Waals surface area contributed by atoms with Gasteiger partial charge < -0.3 is 10.1 Å². The molecule has 0 aliphatic heterocycles. The second-order valence-corrected chi connectivity index (χ2v) is 8.49. The van der Waals surface area contributed by atoms with E-state index < -0.39 is 11.9 Å². The molecule has 0 unspecified atom stereocenters. The quantitative estimate of drug-likeness (QED) is 0.128. The van der Waals surface area contributed by atoms with Crippen LogP contribution in [0.1, 0.15) is 36.6 Å². The summed E-state index contributed by atoms with van der Waals surface area (Å²) in [5.41, 5.74) is 4.46. The summed E-state index contributed by atoms with van der Waals surface area (Å²) in [6, 6.07) is 26.3. The van der Waals surface area contributed by atoms with Gasteiger partial charge in [0, 0.05) is 27.4 Å². The van der Waals surface area contributed by atoms with Crippen LogP contribution in [-0.4, -0.2) is 24.0 Å². The molecule has 0 saturated heterocycles. The molecule has 0 fully saturated rings. The van der Waals surface area contributed by atoms with Crippen molar-refractivity contribution in [3.8, 4) is 5.75 Å². The lowest BCUT2D eigenvalue weighted by molar-refractivity contribution is 0.0734. The smallest absolute Gasteiger partial charge is 0.345 e. The Kier molecular flexibility index (Phi) is 8.30. The number of halogens is 2. The van der Waals surface area contributed by atoms with Gasteiger partial charge in [-0.3, -0.25) is 9.59 Å². The molecule has 184 valence electrons. The topological polar surface area (TPSA) is 96.9 Å². The number of nitrogens with one attached hydrogen (secondary N) is 2. The Morgan fingerprint density at radius 2 is 1.43 bits per heavy atom. The number of amides is 2. The van der Waals surface area contributed by atoms with E-state index in [0.29, 0.717) is 27.4 Å². The van der Waals surface area contributed by atoms with Crippen LogP contribution in [0.3, 0.4) is 0 Å². The Morgan fingerprint density at radius 3 is 2.16 bits per heavy atom. The first-order chi connectivity index (χ1) is 17.9. The minimum absolute atomic E-state index is 0.162. The maximum atomic E-state index is 12.6. The average molecular weight is 532 g/mol. The molecule has 0 bridgehead atoms. The molecule has 0 radical (unpaired) electrons. The van der Waals surface area contributed by atoms with Gasteiger partial charge in [-0.05, 0) is 66.7 Å². The largest absolute Gasteiger partial charge is 0.422 e. The third kappa shape index (κ3) is 6.82. The van der Waals surface area contributed by atoms with E-state index in [1.165, 1.54) is 24.4 Å². The lowest BCUT2D eigenvalue weighted by Crippen LogP contribution is -2.18. The van der Waals surface area contributed by atoms with Gasteiger partial charge in [-0.2, -0.15) is 5.10 Å². The number of carbonyl (C=O) groups excluding carboxylic acids is 3. The third-order valence-electron chi connectivity index (χ3n) is 5.08. The summed E-state index contributed by atoms with van der Waals surface area (Å²) in [7, 11) is 0. The number of anilines is 1. The maximum absolute atomic E-state index is 12.6. The number of hydrogen-bond donors (Lipinski definition) is 2. The van der Waals surface area contributed by atoms with E-state index in [9.17, 15) is 14.4 Å². The van der Waals surface area contributed by atoms with Crippen molar-refractivity contribution in [3.63, 3.8) is 0 Å². The van der Waals surface area contributed by atoms with Crippen LogP contribution in [0.25, 0.3) is 0 Å². The number of benzene rings is 4. The van der Waals surface area contributed by atoms with E-state index in [4.69, 9.17) is 27.9 Å². The molecule has 9 heteroatoms. The Balaban J connectivity index is 1.37. The van der Waals surface area contributed by atoms with Gasteiger partial charge in [-0.25, -0.2) is 10.2 Å². The fourth-order valence-electron chi connectivity index (χ4n) is 3.21. The van der Waals surface area contributed by atoms with Crippen LogP contribution in [0.15, 0.2) is 102 Å². The van der Waals surface area contributed by atoms with Gasteiger partial charge in [0.05, 0.1) is 16.8 Å². The van der Waals surface area contributed by atoms with E-state index in [1.54, 1.807) is 72.8 Å². The predicted molar refractivity (Wildman–Crippen MR) is 144 cm³/mol. The van der Waals surface area contributed by atoms with Crippen LogP contribution in [0.5, 0.6) is 5.75 Å². The normalized spacial score (nSPS) is 10.6. The number of nitrogens with zero attached hydrogens (tertiary/aromatic N) is 1. The van der Waals surface area contributed by atoms with Gasteiger partial charge in [0.2, 0.25) is 0 Å². The van der Waals surface area contributed by atoms with Gasteiger partial charge in [-0.1, -0.05) is 53.5 Å². The first-order valence-corrected chi connectivity index (χ1v) is 11.7. The van der Waals surface area contributed by atoms with Crippen molar-refractivity contribution in [2.24, 2.45) is 5.10 Å². The molecule has 0 aliphatic rings. The third-order valence-corrected chi connectivity index (χ3v) is 5.63. The Labute approximate surface area is 222 Å². The van der Waals surface area contributed by atoms with Crippen LogP contribution in [-0.2, 0) is 0 Å². The highest BCUT2D eigenvalue weighted by molar-refractivity contribution is 6.36. The fraction of sp³-hybridized carbons (Fsp3) is 0. The zero-order valence-electron chi connectivity index (χ0n) is 19.2. The minimum Gasteiger partial charge on any atom is -0.422 e. The van der Waals surface area contributed by atoms with E-state index in [-0.39, 0.29) is 22.2 Å². The van der Waals surface area contributed by atoms with Crippen molar-refractivity contribution >= 4 is 52.9 Å². The van der Waals surface area contributed by atoms with E-state index in [1.807, 2.05) is 6.07 Å². The van der Waals surface area contributed by atoms with Crippen molar-refractivity contribution in [2.75, 3.05) is 5.32 Å². The standard InChI is InChI=1S/C28H19Cl2N3O4/c29-21-12-15-23(24(30)16-21)28(36)37-25-9-5-4-8-20(25)17-31-33-27(35)19-10-13-22(14-11-19)32-26(34)18-6-2-1-3-7-18/h1-17H,(H,32,34)(H,33,35)/b31-17+. The maximum Gasteiger partial charge on any atom is 0.345 e. The summed E-state index contributed by atoms with van der Waals surface area (Å²) in [5, 5.41) is 7.31. The van der Waals surface area contributed by atoms with Crippen LogP contribution in [0.4, 0.5) is 5.69 Å². The van der Waals surface area contributed by atoms with Crippen LogP contribution in [0.2, 0.25) is 10.0 Å². The van der Waals surface area contributed by atoms with Crippen molar-refractivity contribution in [1.82, 2.24) is 5.43 Å². The van der Waals surface area contributed by atoms with Crippen molar-refractivity contribution in [2.45, 2.75) is 0 Å². The van der Waals surface area contributed by atoms with Gasteiger partial charge in [-0.15, -0.1) is 0 Å². The van der Waals surface area contributed by atoms with Gasteiger partial charge >= 0.3 is 5.97 Å². The van der Waals surface area contributed by atoms with Gasteiger partial charge in [0.25, 0.3) is 11.8 Å². The molecule has 0 heterocycles. The monoisotopic (exact) mass is 531 g/mol. The van der Waals surface area contributed by atoms with Crippen LogP contribution < -0.4 is 15.5 Å². The molecule has 0 saturated carbocycles. The summed E-state index contributed by atoms with van der Waals surface area (Å²) in [6.07, 6.45) is 1.36. The number of ether oxygens (including phenoxy) is 1. The summed E-state index contributed by atoms with van der Waals surface area (Å²) < 4.78 is 5.47. The summed E-state index contributed by atoms with van der Waals surface area (Å²) in [5.74, 6) is -1.14. The SMILES string of the molecule is O=C(N/N=C/c1ccccc1OC(=O)c1ccc(Cl)cc1Cl)c1ccc(NC(=O)c2ccccc2)cc1. The number of carbonyl (C=O) groups is 3. The molecule has 0 aromatic heterocycles. The summed E-state index contributed by atoms with van der Waals surface area (Å²) in [4.78, 5) is 37.3. The zero-order chi connectivity index (χ0) is 26.2. The lowest BCUT2D eigenvalue weighted by atomic mass is 10.1. The highest BCUT2D eigenvalue weighted by atomic mass is 35.5. The number of hydrogen-bond acceptors (Lipinski definition) is 5. The molecule has 4 aromatic carbocycles. The Hall–Kier alpha value is -4.46. The minimum atomic E-state index is -0.661. The van der Waals surface area contributed by atoms with Crippen molar-refractivity contribution in [1.29, 1.82) is 0 Å². The molecule has 0 atom stereocenters.